The molecule has 0 saturated carbocycles. The molecule has 2 aromatic carbocycles. The summed E-state index contributed by atoms with van der Waals surface area (Å²) in [6, 6.07) is 15.1. The monoisotopic (exact) mass is 505 g/mol. The van der Waals surface area contributed by atoms with Crippen LogP contribution in [0.5, 0.6) is 0 Å². The van der Waals surface area contributed by atoms with E-state index < -0.39 is 33.3 Å². The predicted octanol–water partition coefficient (Wildman–Crippen LogP) is 3.83. The Balaban J connectivity index is 1.56. The Morgan fingerprint density at radius 3 is 2.67 bits per heavy atom. The molecule has 1 heterocycles. The average Bonchev–Trinajstić information content (AvgIpc) is 3.14. The van der Waals surface area contributed by atoms with E-state index in [4.69, 9.17) is 5.21 Å². The van der Waals surface area contributed by atoms with Gasteiger partial charge in [0.25, 0.3) is 0 Å². The van der Waals surface area contributed by atoms with Gasteiger partial charge in [-0.05, 0) is 0 Å². The number of rotatable bonds is 7. The van der Waals surface area contributed by atoms with Crippen molar-refractivity contribution in [2.75, 3.05) is 0 Å². The first kappa shape index (κ1) is 21.6. The Morgan fingerprint density at radius 1 is 1.13 bits per heavy atom. The molecule has 0 saturated heterocycles. The van der Waals surface area contributed by atoms with Gasteiger partial charge >= 0.3 is 187 Å². The van der Waals surface area contributed by atoms with E-state index in [2.05, 4.69) is 0 Å². The van der Waals surface area contributed by atoms with Gasteiger partial charge in [-0.15, -0.1) is 0 Å². The van der Waals surface area contributed by atoms with Crippen LogP contribution in [0.2, 0.25) is 4.71 Å². The van der Waals surface area contributed by atoms with Crippen molar-refractivity contribution in [2.24, 2.45) is 0 Å². The molecule has 8 heteroatoms. The summed E-state index contributed by atoms with van der Waals surface area (Å²) < 4.78 is 26.6. The molecule has 3 aromatic rings. The molecule has 0 radical (unpaired) electrons. The van der Waals surface area contributed by atoms with Gasteiger partial charge < -0.3 is 0 Å². The number of thiophene rings is 1. The number of amides is 1. The van der Waals surface area contributed by atoms with Crippen molar-refractivity contribution < 1.29 is 18.4 Å². The van der Waals surface area contributed by atoms with Crippen LogP contribution in [0.15, 0.2) is 53.4 Å². The standard InChI is InChI=1S/C22H24AsNO4S2/c25-22(24-26)19(13-10-15-6-2-1-3-7-15)23-30(27,28)16-11-12-18-17-8-4-5-9-20(17)29-21(18)14-16/h1-3,6-7,11-12,14,19,23,26H,4-5,8-10,13H2,(H,24,25)/t19-/m0/s1. The van der Waals surface area contributed by atoms with Crippen LogP contribution >= 0.6 is 11.3 Å². The number of hydrogen-bond donors (Lipinski definition) is 2. The molecule has 1 amide bonds. The van der Waals surface area contributed by atoms with Gasteiger partial charge in [-0.1, -0.05) is 0 Å². The second-order valence-corrected chi connectivity index (χ2v) is 16.7. The molecule has 0 bridgehead atoms. The van der Waals surface area contributed by atoms with Crippen LogP contribution in [0.25, 0.3) is 10.1 Å². The van der Waals surface area contributed by atoms with E-state index in [1.54, 1.807) is 28.9 Å². The fraction of sp³-hybridized carbons (Fsp3) is 0.318. The van der Waals surface area contributed by atoms with Crippen LogP contribution < -0.4 is 5.48 Å². The van der Waals surface area contributed by atoms with Gasteiger partial charge in [0.1, 0.15) is 0 Å². The molecular weight excluding hydrogens is 481 g/mol. The number of carbonyl (C=O) groups is 1. The topological polar surface area (TPSA) is 83.5 Å². The van der Waals surface area contributed by atoms with Crippen molar-refractivity contribution in [3.63, 3.8) is 0 Å². The minimum absolute atomic E-state index is 0.295. The summed E-state index contributed by atoms with van der Waals surface area (Å²) >= 11 is -0.0293. The van der Waals surface area contributed by atoms with E-state index in [1.165, 1.54) is 28.7 Å². The molecule has 158 valence electrons. The number of hydroxylamine groups is 1. The normalized spacial score (nSPS) is 15.4. The Kier molecular flexibility index (Phi) is 6.63. The van der Waals surface area contributed by atoms with Crippen molar-refractivity contribution in [1.29, 1.82) is 0 Å². The summed E-state index contributed by atoms with van der Waals surface area (Å²) in [5.74, 6) is -0.609. The molecule has 2 atom stereocenters. The summed E-state index contributed by atoms with van der Waals surface area (Å²) in [7, 11) is -3.55. The Hall–Kier alpha value is -1.66. The quantitative estimate of drug-likeness (QED) is 0.291. The third kappa shape index (κ3) is 4.64. The van der Waals surface area contributed by atoms with Crippen molar-refractivity contribution in [2.45, 2.75) is 48.1 Å². The van der Waals surface area contributed by atoms with Crippen LogP contribution in [0.3, 0.4) is 0 Å². The Morgan fingerprint density at radius 2 is 1.90 bits per heavy atom. The maximum absolute atomic E-state index is 13.2. The molecule has 4 rings (SSSR count). The van der Waals surface area contributed by atoms with E-state index >= 15 is 0 Å². The van der Waals surface area contributed by atoms with Gasteiger partial charge in [-0.3, -0.25) is 0 Å². The first-order valence-electron chi connectivity index (χ1n) is 10.0. The van der Waals surface area contributed by atoms with E-state index in [0.717, 1.165) is 23.1 Å². The van der Waals surface area contributed by atoms with E-state index in [-0.39, 0.29) is 0 Å². The van der Waals surface area contributed by atoms with Crippen molar-refractivity contribution in [1.82, 2.24) is 5.48 Å². The van der Waals surface area contributed by atoms with Crippen LogP contribution in [0.1, 0.15) is 35.3 Å². The zero-order chi connectivity index (χ0) is 21.1. The molecule has 1 aromatic heterocycles. The summed E-state index contributed by atoms with van der Waals surface area (Å²) in [6.07, 6.45) is 5.50. The predicted molar refractivity (Wildman–Crippen MR) is 121 cm³/mol. The SMILES string of the molecule is O=C(NO)[C@H](CCc1ccccc1)[AsH]S(=O)(=O)c1ccc2c3c(sc2c1)CCCC3. The summed E-state index contributed by atoms with van der Waals surface area (Å²) in [4.78, 5) is 13.9. The molecule has 1 aliphatic rings. The van der Waals surface area contributed by atoms with Gasteiger partial charge in [0.15, 0.2) is 0 Å². The van der Waals surface area contributed by atoms with Gasteiger partial charge in [-0.25, -0.2) is 0 Å². The number of hydrogen-bond acceptors (Lipinski definition) is 5. The molecule has 0 spiro atoms. The second-order valence-electron chi connectivity index (χ2n) is 7.54. The number of carbonyl (C=O) groups excluding carboxylic acids is 1. The van der Waals surface area contributed by atoms with Gasteiger partial charge in [0, 0.05) is 0 Å². The molecule has 2 N–H and O–H groups in total. The molecular formula is C22H24AsNO4S2. The fourth-order valence-corrected chi connectivity index (χ4v) is 12.5. The summed E-state index contributed by atoms with van der Waals surface area (Å²) in [5, 5.41) is 10.3. The number of aryl methyl sites for hydroxylation is 3. The number of nitrogens with one attached hydrogen (secondary N) is 1. The number of benzene rings is 2. The van der Waals surface area contributed by atoms with E-state index in [0.29, 0.717) is 17.7 Å². The minimum atomic E-state index is -3.55. The molecule has 0 fully saturated rings. The van der Waals surface area contributed by atoms with Crippen LogP contribution in [0, 0.1) is 0 Å². The fourth-order valence-electron chi connectivity index (χ4n) is 3.94. The third-order valence-corrected chi connectivity index (χ3v) is 14.6. The Bertz CT molecular complexity index is 1160. The van der Waals surface area contributed by atoms with E-state index in [9.17, 15) is 13.2 Å². The summed E-state index contributed by atoms with van der Waals surface area (Å²) in [5.41, 5.74) is 4.09. The first-order chi connectivity index (χ1) is 14.5. The molecule has 1 aliphatic carbocycles. The average molecular weight is 505 g/mol. The zero-order valence-electron chi connectivity index (χ0n) is 16.4. The van der Waals surface area contributed by atoms with E-state index in [1.807, 2.05) is 36.4 Å². The second kappa shape index (κ2) is 9.23. The van der Waals surface area contributed by atoms with Gasteiger partial charge in [-0.2, -0.15) is 0 Å². The summed E-state index contributed by atoms with van der Waals surface area (Å²) in [6.45, 7) is 0. The van der Waals surface area contributed by atoms with Crippen LogP contribution in [-0.4, -0.2) is 34.1 Å². The van der Waals surface area contributed by atoms with Crippen molar-refractivity contribution in [3.05, 3.63) is 64.5 Å². The maximum atomic E-state index is 13.2. The Labute approximate surface area is 186 Å². The van der Waals surface area contributed by atoms with Crippen molar-refractivity contribution in [3.8, 4) is 0 Å². The van der Waals surface area contributed by atoms with Crippen molar-refractivity contribution >= 4 is 50.0 Å². The van der Waals surface area contributed by atoms with Gasteiger partial charge in [0.05, 0.1) is 0 Å². The number of fused-ring (bicyclic) bond motifs is 3. The molecule has 5 nitrogen and oxygen atoms in total. The van der Waals surface area contributed by atoms with Crippen LogP contribution in [-0.2, 0) is 32.2 Å². The van der Waals surface area contributed by atoms with Gasteiger partial charge in [0.2, 0.25) is 0 Å². The van der Waals surface area contributed by atoms with Crippen LogP contribution in [0.4, 0.5) is 0 Å². The first-order valence-corrected chi connectivity index (χ1v) is 16.1. The third-order valence-electron chi connectivity index (χ3n) is 5.53. The zero-order valence-corrected chi connectivity index (χ0v) is 20.2. The molecule has 0 aliphatic heterocycles. The molecule has 30 heavy (non-hydrogen) atoms. The molecule has 1 unspecified atom stereocenters.